The summed E-state index contributed by atoms with van der Waals surface area (Å²) in [5.41, 5.74) is 1.25. The molecule has 3 aromatic carbocycles. The number of fused-ring (bicyclic) bond motifs is 2. The van der Waals surface area contributed by atoms with Crippen molar-refractivity contribution in [2.45, 2.75) is 6.61 Å². The number of para-hydroxylation sites is 2. The molecule has 2 heterocycles. The second-order valence-electron chi connectivity index (χ2n) is 7.02. The average Bonchev–Trinajstić information content (AvgIpc) is 3.25. The van der Waals surface area contributed by atoms with Crippen LogP contribution < -0.4 is 15.0 Å². The first-order valence-electron chi connectivity index (χ1n) is 9.58. The number of nitrogens with one attached hydrogen (secondary N) is 1. The summed E-state index contributed by atoms with van der Waals surface area (Å²) in [6, 6.07) is 24.4. The van der Waals surface area contributed by atoms with Gasteiger partial charge in [-0.05, 0) is 47.2 Å². The second kappa shape index (κ2) is 7.40. The van der Waals surface area contributed by atoms with Crippen molar-refractivity contribution in [2.24, 2.45) is 0 Å². The van der Waals surface area contributed by atoms with E-state index in [1.165, 1.54) is 4.90 Å². The zero-order valence-electron chi connectivity index (χ0n) is 16.0. The summed E-state index contributed by atoms with van der Waals surface area (Å²) < 4.78 is 11.5. The predicted octanol–water partition coefficient (Wildman–Crippen LogP) is 4.61. The number of carbonyl (C=O) groups excluding carboxylic acids is 2. The maximum atomic E-state index is 13.0. The van der Waals surface area contributed by atoms with Gasteiger partial charge < -0.3 is 14.5 Å². The normalized spacial score (nSPS) is 13.1. The van der Waals surface area contributed by atoms with Crippen molar-refractivity contribution < 1.29 is 18.7 Å². The number of hydrogen-bond donors (Lipinski definition) is 1. The smallest absolute Gasteiger partial charge is 0.294 e. The SMILES string of the molecule is O=C1CN(C(=O)c2ccc(COc3ccc4ccccc4c3)o2)c2ccccc2N1. The molecular formula is C24H18N2O4. The van der Waals surface area contributed by atoms with Gasteiger partial charge in [0.25, 0.3) is 5.91 Å². The van der Waals surface area contributed by atoms with Crippen molar-refractivity contribution >= 4 is 34.0 Å². The van der Waals surface area contributed by atoms with Crippen LogP contribution in [0.2, 0.25) is 0 Å². The Bertz CT molecular complexity index is 1260. The molecule has 0 unspecified atom stereocenters. The molecule has 0 saturated heterocycles. The average molecular weight is 398 g/mol. The van der Waals surface area contributed by atoms with Gasteiger partial charge in [0.05, 0.1) is 11.4 Å². The Morgan fingerprint density at radius 2 is 1.77 bits per heavy atom. The number of amides is 2. The fourth-order valence-electron chi connectivity index (χ4n) is 3.53. The van der Waals surface area contributed by atoms with Crippen LogP contribution in [-0.4, -0.2) is 18.4 Å². The van der Waals surface area contributed by atoms with Crippen LogP contribution in [0.1, 0.15) is 16.3 Å². The molecule has 30 heavy (non-hydrogen) atoms. The fraction of sp³-hybridized carbons (Fsp3) is 0.0833. The molecule has 0 bridgehead atoms. The van der Waals surface area contributed by atoms with Gasteiger partial charge in [0.2, 0.25) is 5.91 Å². The Labute approximate surface area is 172 Å². The first-order chi connectivity index (χ1) is 14.7. The molecule has 6 nitrogen and oxygen atoms in total. The Morgan fingerprint density at radius 3 is 2.67 bits per heavy atom. The molecule has 1 N–H and O–H groups in total. The Morgan fingerprint density at radius 1 is 0.967 bits per heavy atom. The highest BCUT2D eigenvalue weighted by Gasteiger charge is 2.29. The molecule has 4 aromatic rings. The Hall–Kier alpha value is -4.06. The maximum Gasteiger partial charge on any atom is 0.294 e. The van der Waals surface area contributed by atoms with Crippen LogP contribution in [0.5, 0.6) is 5.75 Å². The Balaban J connectivity index is 1.31. The molecule has 1 aromatic heterocycles. The number of benzene rings is 3. The van der Waals surface area contributed by atoms with Crippen LogP contribution >= 0.6 is 0 Å². The second-order valence-corrected chi connectivity index (χ2v) is 7.02. The topological polar surface area (TPSA) is 71.8 Å². The first-order valence-corrected chi connectivity index (χ1v) is 9.58. The highest BCUT2D eigenvalue weighted by atomic mass is 16.5. The highest BCUT2D eigenvalue weighted by Crippen LogP contribution is 2.30. The number of carbonyl (C=O) groups is 2. The van der Waals surface area contributed by atoms with E-state index in [0.29, 0.717) is 17.1 Å². The van der Waals surface area contributed by atoms with Crippen LogP contribution in [0.3, 0.4) is 0 Å². The van der Waals surface area contributed by atoms with Gasteiger partial charge in [-0.2, -0.15) is 0 Å². The number of furan rings is 1. The molecule has 1 aliphatic heterocycles. The minimum atomic E-state index is -0.366. The van der Waals surface area contributed by atoms with E-state index in [4.69, 9.17) is 9.15 Å². The third kappa shape index (κ3) is 3.39. The number of hydrogen-bond acceptors (Lipinski definition) is 4. The van der Waals surface area contributed by atoms with Crippen LogP contribution in [0.25, 0.3) is 10.8 Å². The standard InChI is InChI=1S/C24H18N2O4/c27-23-14-26(21-8-4-3-7-20(21)25-23)24(28)22-12-11-19(30-22)15-29-18-10-9-16-5-1-2-6-17(16)13-18/h1-13H,14-15H2,(H,25,27). The van der Waals surface area contributed by atoms with Crippen LogP contribution in [0.4, 0.5) is 11.4 Å². The van der Waals surface area contributed by atoms with Crippen molar-refractivity contribution in [1.82, 2.24) is 0 Å². The van der Waals surface area contributed by atoms with E-state index in [9.17, 15) is 9.59 Å². The molecule has 0 saturated carbocycles. The summed E-state index contributed by atoms with van der Waals surface area (Å²) in [4.78, 5) is 26.3. The summed E-state index contributed by atoms with van der Waals surface area (Å²) in [7, 11) is 0. The summed E-state index contributed by atoms with van der Waals surface area (Å²) >= 11 is 0. The molecule has 0 atom stereocenters. The van der Waals surface area contributed by atoms with Gasteiger partial charge in [0.1, 0.15) is 24.7 Å². The molecule has 0 aliphatic carbocycles. The lowest BCUT2D eigenvalue weighted by molar-refractivity contribution is -0.115. The first kappa shape index (κ1) is 18.0. The van der Waals surface area contributed by atoms with Crippen LogP contribution in [-0.2, 0) is 11.4 Å². The summed E-state index contributed by atoms with van der Waals surface area (Å²) in [6.45, 7) is 0.141. The van der Waals surface area contributed by atoms with E-state index in [1.807, 2.05) is 54.6 Å². The van der Waals surface area contributed by atoms with Crippen molar-refractivity contribution in [3.05, 3.63) is 90.4 Å². The van der Waals surface area contributed by atoms with Gasteiger partial charge in [-0.1, -0.05) is 42.5 Å². The molecule has 0 fully saturated rings. The molecule has 0 radical (unpaired) electrons. The lowest BCUT2D eigenvalue weighted by atomic mass is 10.1. The quantitative estimate of drug-likeness (QED) is 0.545. The van der Waals surface area contributed by atoms with Gasteiger partial charge in [0, 0.05) is 0 Å². The largest absolute Gasteiger partial charge is 0.486 e. The molecule has 1 aliphatic rings. The third-order valence-corrected chi connectivity index (χ3v) is 4.99. The van der Waals surface area contributed by atoms with E-state index in [1.54, 1.807) is 24.3 Å². The fourth-order valence-corrected chi connectivity index (χ4v) is 3.53. The zero-order chi connectivity index (χ0) is 20.5. The number of nitrogens with zero attached hydrogens (tertiary/aromatic N) is 1. The van der Waals surface area contributed by atoms with E-state index in [0.717, 1.165) is 16.5 Å². The van der Waals surface area contributed by atoms with E-state index in [-0.39, 0.29) is 30.7 Å². The van der Waals surface area contributed by atoms with Gasteiger partial charge in [-0.3, -0.25) is 14.5 Å². The minimum Gasteiger partial charge on any atom is -0.486 e. The summed E-state index contributed by atoms with van der Waals surface area (Å²) in [6.07, 6.45) is 0. The van der Waals surface area contributed by atoms with E-state index >= 15 is 0 Å². The van der Waals surface area contributed by atoms with Crippen molar-refractivity contribution in [2.75, 3.05) is 16.8 Å². The van der Waals surface area contributed by atoms with E-state index in [2.05, 4.69) is 5.32 Å². The molecule has 0 spiro atoms. The van der Waals surface area contributed by atoms with Crippen molar-refractivity contribution in [3.8, 4) is 5.75 Å². The van der Waals surface area contributed by atoms with Crippen molar-refractivity contribution in [3.63, 3.8) is 0 Å². The molecule has 148 valence electrons. The Kier molecular flexibility index (Phi) is 4.44. The van der Waals surface area contributed by atoms with Gasteiger partial charge >= 0.3 is 0 Å². The third-order valence-electron chi connectivity index (χ3n) is 4.99. The minimum absolute atomic E-state index is 0.0561. The lowest BCUT2D eigenvalue weighted by Gasteiger charge is -2.28. The highest BCUT2D eigenvalue weighted by molar-refractivity contribution is 6.14. The van der Waals surface area contributed by atoms with Crippen molar-refractivity contribution in [1.29, 1.82) is 0 Å². The van der Waals surface area contributed by atoms with Crippen LogP contribution in [0, 0.1) is 0 Å². The molecule has 6 heteroatoms. The monoisotopic (exact) mass is 398 g/mol. The molecule has 2 amide bonds. The predicted molar refractivity (Wildman–Crippen MR) is 114 cm³/mol. The molecular weight excluding hydrogens is 380 g/mol. The molecule has 5 rings (SSSR count). The lowest BCUT2D eigenvalue weighted by Crippen LogP contribution is -2.42. The van der Waals surface area contributed by atoms with Crippen LogP contribution in [0.15, 0.2) is 83.3 Å². The van der Waals surface area contributed by atoms with E-state index < -0.39 is 0 Å². The summed E-state index contributed by atoms with van der Waals surface area (Å²) in [5, 5.41) is 5.00. The number of rotatable bonds is 4. The zero-order valence-corrected chi connectivity index (χ0v) is 16.0. The van der Waals surface area contributed by atoms with Gasteiger partial charge in [-0.25, -0.2) is 0 Å². The number of anilines is 2. The van der Waals surface area contributed by atoms with Gasteiger partial charge in [0.15, 0.2) is 5.76 Å². The number of ether oxygens (including phenoxy) is 1. The maximum absolute atomic E-state index is 13.0. The summed E-state index contributed by atoms with van der Waals surface area (Å²) in [5.74, 6) is 0.806. The van der Waals surface area contributed by atoms with Gasteiger partial charge in [-0.15, -0.1) is 0 Å².